The highest BCUT2D eigenvalue weighted by Gasteiger charge is 2.50. The van der Waals surface area contributed by atoms with Crippen molar-refractivity contribution in [3.05, 3.63) is 35.9 Å². The predicted molar refractivity (Wildman–Crippen MR) is 64.9 cm³/mol. The molecule has 4 nitrogen and oxygen atoms in total. The molecule has 0 bridgehead atoms. The van der Waals surface area contributed by atoms with Crippen LogP contribution < -0.4 is 0 Å². The standard InChI is InChI=1S/C14H18O4/c1-9-11(16-8-12-13(9)18-12)7-17-14(15)10-5-3-2-4-6-10/h2-6,9,11-15H,7-8H2,1H3/t9-,11-,12+,13-,14?/m1/s1. The van der Waals surface area contributed by atoms with Crippen LogP contribution >= 0.6 is 0 Å². The van der Waals surface area contributed by atoms with Crippen molar-refractivity contribution in [1.29, 1.82) is 0 Å². The van der Waals surface area contributed by atoms with Crippen molar-refractivity contribution in [2.75, 3.05) is 13.2 Å². The van der Waals surface area contributed by atoms with Crippen molar-refractivity contribution in [3.8, 4) is 0 Å². The maximum Gasteiger partial charge on any atom is 0.181 e. The third-order valence-electron chi connectivity index (χ3n) is 3.70. The monoisotopic (exact) mass is 250 g/mol. The Labute approximate surface area is 106 Å². The van der Waals surface area contributed by atoms with Crippen LogP contribution in [0.5, 0.6) is 0 Å². The zero-order chi connectivity index (χ0) is 12.5. The van der Waals surface area contributed by atoms with E-state index in [4.69, 9.17) is 14.2 Å². The van der Waals surface area contributed by atoms with Gasteiger partial charge in [-0.05, 0) is 0 Å². The van der Waals surface area contributed by atoms with E-state index in [1.807, 2.05) is 30.3 Å². The number of fused-ring (bicyclic) bond motifs is 1. The lowest BCUT2D eigenvalue weighted by Gasteiger charge is -2.27. The average Bonchev–Trinajstić information content (AvgIpc) is 3.19. The van der Waals surface area contributed by atoms with Gasteiger partial charge in [0.25, 0.3) is 0 Å². The summed E-state index contributed by atoms with van der Waals surface area (Å²) in [6, 6.07) is 9.35. The Balaban J connectivity index is 1.52. The highest BCUT2D eigenvalue weighted by atomic mass is 16.6. The molecule has 2 aliphatic rings. The Hall–Kier alpha value is -0.940. The smallest absolute Gasteiger partial charge is 0.181 e. The number of epoxide rings is 1. The van der Waals surface area contributed by atoms with Gasteiger partial charge in [-0.1, -0.05) is 37.3 Å². The van der Waals surface area contributed by atoms with Crippen LogP contribution in [0, 0.1) is 5.92 Å². The minimum absolute atomic E-state index is 0.00659. The Morgan fingerprint density at radius 1 is 1.39 bits per heavy atom. The van der Waals surface area contributed by atoms with Crippen molar-refractivity contribution in [3.63, 3.8) is 0 Å². The molecule has 5 atom stereocenters. The van der Waals surface area contributed by atoms with Gasteiger partial charge in [0.15, 0.2) is 6.29 Å². The first-order valence-electron chi connectivity index (χ1n) is 6.37. The second-order valence-electron chi connectivity index (χ2n) is 4.97. The molecule has 0 saturated carbocycles. The summed E-state index contributed by atoms with van der Waals surface area (Å²) in [4.78, 5) is 0. The Morgan fingerprint density at radius 2 is 2.17 bits per heavy atom. The maximum absolute atomic E-state index is 9.90. The van der Waals surface area contributed by atoms with Gasteiger partial charge < -0.3 is 19.3 Å². The molecule has 0 aliphatic carbocycles. The fourth-order valence-corrected chi connectivity index (χ4v) is 2.43. The van der Waals surface area contributed by atoms with Crippen LogP contribution in [0.15, 0.2) is 30.3 Å². The summed E-state index contributed by atoms with van der Waals surface area (Å²) in [6.07, 6.45) is -0.275. The third-order valence-corrected chi connectivity index (χ3v) is 3.70. The van der Waals surface area contributed by atoms with Gasteiger partial charge in [0.05, 0.1) is 25.4 Å². The van der Waals surface area contributed by atoms with Crippen LogP contribution in [0.1, 0.15) is 18.8 Å². The molecule has 18 heavy (non-hydrogen) atoms. The molecule has 0 radical (unpaired) electrons. The lowest BCUT2D eigenvalue weighted by molar-refractivity contribution is -0.147. The van der Waals surface area contributed by atoms with Gasteiger partial charge in [0.2, 0.25) is 0 Å². The van der Waals surface area contributed by atoms with Crippen molar-refractivity contribution in [1.82, 2.24) is 0 Å². The zero-order valence-corrected chi connectivity index (χ0v) is 10.4. The summed E-state index contributed by atoms with van der Waals surface area (Å²) >= 11 is 0. The highest BCUT2D eigenvalue weighted by molar-refractivity contribution is 5.15. The van der Waals surface area contributed by atoms with Crippen LogP contribution in [-0.2, 0) is 14.2 Å². The van der Waals surface area contributed by atoms with Crippen LogP contribution in [-0.4, -0.2) is 36.6 Å². The van der Waals surface area contributed by atoms with E-state index in [0.717, 1.165) is 5.56 Å². The van der Waals surface area contributed by atoms with Crippen molar-refractivity contribution in [2.45, 2.75) is 31.5 Å². The summed E-state index contributed by atoms with van der Waals surface area (Å²) < 4.78 is 16.6. The number of benzene rings is 1. The molecule has 1 aromatic carbocycles. The first-order valence-corrected chi connectivity index (χ1v) is 6.37. The van der Waals surface area contributed by atoms with Crippen LogP contribution in [0.2, 0.25) is 0 Å². The largest absolute Gasteiger partial charge is 0.373 e. The number of aliphatic hydroxyl groups is 1. The van der Waals surface area contributed by atoms with E-state index >= 15 is 0 Å². The first kappa shape index (κ1) is 12.1. The van der Waals surface area contributed by atoms with Crippen LogP contribution in [0.25, 0.3) is 0 Å². The number of aliphatic hydroxyl groups excluding tert-OH is 1. The van der Waals surface area contributed by atoms with Gasteiger partial charge >= 0.3 is 0 Å². The van der Waals surface area contributed by atoms with Gasteiger partial charge in [0, 0.05) is 11.5 Å². The van der Waals surface area contributed by atoms with Crippen molar-refractivity contribution >= 4 is 0 Å². The molecule has 1 N–H and O–H groups in total. The van der Waals surface area contributed by atoms with E-state index in [1.54, 1.807) is 0 Å². The van der Waals surface area contributed by atoms with E-state index in [1.165, 1.54) is 0 Å². The van der Waals surface area contributed by atoms with E-state index in [0.29, 0.717) is 25.2 Å². The first-order chi connectivity index (χ1) is 8.75. The summed E-state index contributed by atoms with van der Waals surface area (Å²) in [5, 5.41) is 9.90. The van der Waals surface area contributed by atoms with E-state index in [9.17, 15) is 5.11 Å². The quantitative estimate of drug-likeness (QED) is 0.650. The highest BCUT2D eigenvalue weighted by Crippen LogP contribution is 2.37. The molecule has 2 saturated heterocycles. The fourth-order valence-electron chi connectivity index (χ4n) is 2.43. The van der Waals surface area contributed by atoms with Crippen molar-refractivity contribution < 1.29 is 19.3 Å². The van der Waals surface area contributed by atoms with E-state index in [-0.39, 0.29) is 12.2 Å². The number of hydrogen-bond acceptors (Lipinski definition) is 4. The Kier molecular flexibility index (Phi) is 3.35. The van der Waals surface area contributed by atoms with Gasteiger partial charge in [-0.25, -0.2) is 0 Å². The number of hydrogen-bond donors (Lipinski definition) is 1. The van der Waals surface area contributed by atoms with Gasteiger partial charge in [-0.2, -0.15) is 0 Å². The summed E-state index contributed by atoms with van der Waals surface area (Å²) in [5.74, 6) is 0.326. The second kappa shape index (κ2) is 4.97. The molecule has 2 fully saturated rings. The normalized spacial score (nSPS) is 35.9. The molecule has 1 unspecified atom stereocenters. The fraction of sp³-hybridized carbons (Fsp3) is 0.571. The number of rotatable bonds is 4. The Morgan fingerprint density at radius 3 is 2.94 bits per heavy atom. The Bertz CT molecular complexity index is 394. The minimum atomic E-state index is -0.889. The molecule has 2 aliphatic heterocycles. The van der Waals surface area contributed by atoms with E-state index in [2.05, 4.69) is 6.92 Å². The van der Waals surface area contributed by atoms with Gasteiger partial charge in [-0.3, -0.25) is 0 Å². The lowest BCUT2D eigenvalue weighted by atomic mass is 9.97. The number of ether oxygens (including phenoxy) is 3. The van der Waals surface area contributed by atoms with Crippen LogP contribution in [0.4, 0.5) is 0 Å². The van der Waals surface area contributed by atoms with Crippen molar-refractivity contribution in [2.24, 2.45) is 5.92 Å². The summed E-state index contributed by atoms with van der Waals surface area (Å²) in [7, 11) is 0. The molecular formula is C14H18O4. The van der Waals surface area contributed by atoms with E-state index < -0.39 is 6.29 Å². The summed E-state index contributed by atoms with van der Waals surface area (Å²) in [6.45, 7) is 3.14. The molecule has 2 heterocycles. The maximum atomic E-state index is 9.90. The van der Waals surface area contributed by atoms with Crippen LogP contribution in [0.3, 0.4) is 0 Å². The summed E-state index contributed by atoms with van der Waals surface area (Å²) in [5.41, 5.74) is 0.765. The molecular weight excluding hydrogens is 232 g/mol. The van der Waals surface area contributed by atoms with Gasteiger partial charge in [-0.15, -0.1) is 0 Å². The molecule has 0 spiro atoms. The third kappa shape index (κ3) is 2.42. The zero-order valence-electron chi connectivity index (χ0n) is 10.4. The molecule has 4 heteroatoms. The molecule has 0 amide bonds. The molecule has 1 aromatic rings. The topological polar surface area (TPSA) is 51.2 Å². The molecule has 98 valence electrons. The average molecular weight is 250 g/mol. The SMILES string of the molecule is C[C@H]1[C@H]2O[C@H]2CO[C@@H]1COC(O)c1ccccc1. The molecule has 3 rings (SSSR count). The minimum Gasteiger partial charge on any atom is -0.373 e. The lowest BCUT2D eigenvalue weighted by Crippen LogP contribution is -2.37. The second-order valence-corrected chi connectivity index (χ2v) is 4.97. The van der Waals surface area contributed by atoms with Gasteiger partial charge in [0.1, 0.15) is 6.10 Å². The predicted octanol–water partition coefficient (Wildman–Crippen LogP) is 1.50. The molecule has 0 aromatic heterocycles.